The van der Waals surface area contributed by atoms with Gasteiger partial charge in [0, 0.05) is 12.1 Å². The van der Waals surface area contributed by atoms with Gasteiger partial charge < -0.3 is 19.5 Å². The quantitative estimate of drug-likeness (QED) is 0.826. The molecule has 0 saturated heterocycles. The van der Waals surface area contributed by atoms with E-state index in [1.807, 2.05) is 30.3 Å². The summed E-state index contributed by atoms with van der Waals surface area (Å²) in [6, 6.07) is 10.6. The summed E-state index contributed by atoms with van der Waals surface area (Å²) < 4.78 is 10.7. The Labute approximate surface area is 164 Å². The molecule has 6 heteroatoms. The fraction of sp³-hybridized carbons (Fsp3) is 0.364. The number of carbonyl (C=O) groups is 2. The molecular formula is C22H25NO5. The van der Waals surface area contributed by atoms with Crippen LogP contribution in [0, 0.1) is 0 Å². The number of aliphatic carboxylic acids is 1. The second-order valence-corrected chi connectivity index (χ2v) is 6.82. The van der Waals surface area contributed by atoms with Crippen LogP contribution in [0.5, 0.6) is 11.5 Å². The van der Waals surface area contributed by atoms with Gasteiger partial charge in [0.15, 0.2) is 11.5 Å². The Balaban J connectivity index is 2.00. The highest BCUT2D eigenvalue weighted by Crippen LogP contribution is 2.40. The van der Waals surface area contributed by atoms with Gasteiger partial charge in [0.05, 0.1) is 26.7 Å². The first-order valence-electron chi connectivity index (χ1n) is 9.35. The van der Waals surface area contributed by atoms with Crippen LogP contribution in [0.15, 0.2) is 36.4 Å². The summed E-state index contributed by atoms with van der Waals surface area (Å²) in [6.45, 7) is 2.51. The molecule has 0 aliphatic carbocycles. The number of carboxylic acids is 1. The number of carbonyl (C=O) groups excluding carboxylic acids is 1. The zero-order valence-corrected chi connectivity index (χ0v) is 16.4. The second kappa shape index (κ2) is 8.33. The minimum atomic E-state index is -0.952. The highest BCUT2D eigenvalue weighted by atomic mass is 16.5. The Hall–Kier alpha value is -3.02. The summed E-state index contributed by atoms with van der Waals surface area (Å²) in [5.41, 5.74) is 3.50. The SMILES string of the molecule is CCc1ccc(C(=O)N2CCc3cc(OC)c(OC)cc3C2CC(=O)O)cc1. The molecule has 1 aliphatic rings. The van der Waals surface area contributed by atoms with Gasteiger partial charge in [-0.2, -0.15) is 0 Å². The lowest BCUT2D eigenvalue weighted by Crippen LogP contribution is -2.41. The van der Waals surface area contributed by atoms with E-state index in [0.29, 0.717) is 30.0 Å². The first-order valence-corrected chi connectivity index (χ1v) is 9.35. The maximum Gasteiger partial charge on any atom is 0.305 e. The van der Waals surface area contributed by atoms with E-state index < -0.39 is 12.0 Å². The number of rotatable bonds is 6. The first-order chi connectivity index (χ1) is 13.5. The number of hydrogen-bond donors (Lipinski definition) is 1. The van der Waals surface area contributed by atoms with E-state index in [2.05, 4.69) is 6.92 Å². The minimum Gasteiger partial charge on any atom is -0.493 e. The molecule has 2 aromatic carbocycles. The molecule has 0 radical (unpaired) electrons. The van der Waals surface area contributed by atoms with Crippen LogP contribution in [0.25, 0.3) is 0 Å². The van der Waals surface area contributed by atoms with Crippen molar-refractivity contribution in [3.8, 4) is 11.5 Å². The van der Waals surface area contributed by atoms with Gasteiger partial charge in [-0.25, -0.2) is 0 Å². The van der Waals surface area contributed by atoms with E-state index in [0.717, 1.165) is 23.1 Å². The lowest BCUT2D eigenvalue weighted by molar-refractivity contribution is -0.138. The lowest BCUT2D eigenvalue weighted by Gasteiger charge is -2.37. The average molecular weight is 383 g/mol. The molecule has 1 aliphatic heterocycles. The van der Waals surface area contributed by atoms with Crippen molar-refractivity contribution < 1.29 is 24.2 Å². The summed E-state index contributed by atoms with van der Waals surface area (Å²) in [6.07, 6.45) is 1.36. The normalized spacial score (nSPS) is 15.7. The zero-order chi connectivity index (χ0) is 20.3. The van der Waals surface area contributed by atoms with Crippen LogP contribution >= 0.6 is 0 Å². The Kier molecular flexibility index (Phi) is 5.87. The van der Waals surface area contributed by atoms with E-state index >= 15 is 0 Å². The fourth-order valence-corrected chi connectivity index (χ4v) is 3.71. The summed E-state index contributed by atoms with van der Waals surface area (Å²) in [5.74, 6) is 0.0181. The number of aryl methyl sites for hydroxylation is 1. The molecule has 0 aromatic heterocycles. The van der Waals surface area contributed by atoms with Crippen molar-refractivity contribution in [1.82, 2.24) is 4.90 Å². The molecule has 0 bridgehead atoms. The summed E-state index contributed by atoms with van der Waals surface area (Å²) in [7, 11) is 3.11. The highest BCUT2D eigenvalue weighted by molar-refractivity contribution is 5.95. The number of benzene rings is 2. The Morgan fingerprint density at radius 1 is 1.11 bits per heavy atom. The molecule has 0 fully saturated rings. The van der Waals surface area contributed by atoms with Gasteiger partial charge in [-0.15, -0.1) is 0 Å². The molecule has 3 rings (SSSR count). The zero-order valence-electron chi connectivity index (χ0n) is 16.4. The maximum absolute atomic E-state index is 13.2. The van der Waals surface area contributed by atoms with Crippen LogP contribution in [0.2, 0.25) is 0 Å². The number of amides is 1. The van der Waals surface area contributed by atoms with Crippen molar-refractivity contribution in [3.63, 3.8) is 0 Å². The number of methoxy groups -OCH3 is 2. The number of fused-ring (bicyclic) bond motifs is 1. The van der Waals surface area contributed by atoms with Crippen LogP contribution in [-0.4, -0.2) is 42.6 Å². The van der Waals surface area contributed by atoms with Crippen molar-refractivity contribution in [2.75, 3.05) is 20.8 Å². The molecule has 0 spiro atoms. The Morgan fingerprint density at radius 3 is 2.32 bits per heavy atom. The smallest absolute Gasteiger partial charge is 0.305 e. The number of nitrogens with zero attached hydrogens (tertiary/aromatic N) is 1. The van der Waals surface area contributed by atoms with Gasteiger partial charge in [0.2, 0.25) is 0 Å². The molecule has 1 heterocycles. The monoisotopic (exact) mass is 383 g/mol. The standard InChI is InChI=1S/C22H25NO5/c1-4-14-5-7-15(8-6-14)22(26)23-10-9-16-11-19(27-2)20(28-3)12-17(16)18(23)13-21(24)25/h5-8,11-12,18H,4,9-10,13H2,1-3H3,(H,24,25). The molecule has 148 valence electrons. The third-order valence-electron chi connectivity index (χ3n) is 5.24. The molecular weight excluding hydrogens is 358 g/mol. The van der Waals surface area contributed by atoms with E-state index in [1.54, 1.807) is 18.1 Å². The largest absolute Gasteiger partial charge is 0.493 e. The molecule has 1 atom stereocenters. The second-order valence-electron chi connectivity index (χ2n) is 6.82. The molecule has 0 saturated carbocycles. The molecule has 1 amide bonds. The molecule has 28 heavy (non-hydrogen) atoms. The van der Waals surface area contributed by atoms with Crippen molar-refractivity contribution in [1.29, 1.82) is 0 Å². The topological polar surface area (TPSA) is 76.1 Å². The van der Waals surface area contributed by atoms with Crippen molar-refractivity contribution in [2.45, 2.75) is 32.2 Å². The third kappa shape index (κ3) is 3.81. The third-order valence-corrected chi connectivity index (χ3v) is 5.24. The predicted molar refractivity (Wildman–Crippen MR) is 105 cm³/mol. The van der Waals surface area contributed by atoms with Gasteiger partial charge >= 0.3 is 5.97 Å². The minimum absolute atomic E-state index is 0.158. The molecule has 1 unspecified atom stereocenters. The predicted octanol–water partition coefficient (Wildman–Crippen LogP) is 3.48. The van der Waals surface area contributed by atoms with Crippen molar-refractivity contribution in [3.05, 3.63) is 58.7 Å². The van der Waals surface area contributed by atoms with Gasteiger partial charge in [-0.05, 0) is 53.8 Å². The number of carboxylic acid groups (broad SMARTS) is 1. The number of hydrogen-bond acceptors (Lipinski definition) is 4. The molecule has 2 aromatic rings. The summed E-state index contributed by atoms with van der Waals surface area (Å²) in [4.78, 5) is 26.4. The van der Waals surface area contributed by atoms with E-state index in [4.69, 9.17) is 9.47 Å². The van der Waals surface area contributed by atoms with Gasteiger partial charge in [0.1, 0.15) is 0 Å². The van der Waals surface area contributed by atoms with Gasteiger partial charge in [-0.3, -0.25) is 9.59 Å². The van der Waals surface area contributed by atoms with Crippen molar-refractivity contribution >= 4 is 11.9 Å². The highest BCUT2D eigenvalue weighted by Gasteiger charge is 2.34. The van der Waals surface area contributed by atoms with E-state index in [1.165, 1.54) is 7.11 Å². The first kappa shape index (κ1) is 19.7. The fourth-order valence-electron chi connectivity index (χ4n) is 3.71. The Morgan fingerprint density at radius 2 is 1.75 bits per heavy atom. The van der Waals surface area contributed by atoms with Crippen LogP contribution in [0.1, 0.15) is 46.4 Å². The van der Waals surface area contributed by atoms with E-state index in [9.17, 15) is 14.7 Å². The summed E-state index contributed by atoms with van der Waals surface area (Å²) in [5, 5.41) is 9.46. The maximum atomic E-state index is 13.2. The van der Waals surface area contributed by atoms with Crippen LogP contribution in [0.3, 0.4) is 0 Å². The Bertz CT molecular complexity index is 875. The lowest BCUT2D eigenvalue weighted by atomic mass is 9.89. The van der Waals surface area contributed by atoms with E-state index in [-0.39, 0.29) is 12.3 Å². The van der Waals surface area contributed by atoms with Gasteiger partial charge in [-0.1, -0.05) is 19.1 Å². The van der Waals surface area contributed by atoms with Crippen LogP contribution < -0.4 is 9.47 Å². The summed E-state index contributed by atoms with van der Waals surface area (Å²) >= 11 is 0. The van der Waals surface area contributed by atoms with Crippen molar-refractivity contribution in [2.24, 2.45) is 0 Å². The van der Waals surface area contributed by atoms with Gasteiger partial charge in [0.25, 0.3) is 5.91 Å². The van der Waals surface area contributed by atoms with Crippen LogP contribution in [0.4, 0.5) is 0 Å². The number of ether oxygens (including phenoxy) is 2. The molecule has 6 nitrogen and oxygen atoms in total. The molecule has 1 N–H and O–H groups in total. The average Bonchev–Trinajstić information content (AvgIpc) is 2.72. The van der Waals surface area contributed by atoms with Crippen LogP contribution in [-0.2, 0) is 17.6 Å².